The van der Waals surface area contributed by atoms with Gasteiger partial charge in [-0.3, -0.25) is 9.69 Å². The summed E-state index contributed by atoms with van der Waals surface area (Å²) in [4.78, 5) is 19.4. The SMILES string of the molecule is CCCCN1C(=O)/C(=C\c2ccc3c(c2)OCO3)N=C1SCc1ccccc1. The third-order valence-corrected chi connectivity index (χ3v) is 5.60. The molecule has 0 aliphatic carbocycles. The molecule has 6 heteroatoms. The molecule has 0 aromatic heterocycles. The molecule has 0 bridgehead atoms. The van der Waals surface area contributed by atoms with E-state index in [2.05, 4.69) is 24.0 Å². The molecule has 0 fully saturated rings. The number of unbranched alkanes of at least 4 members (excludes halogenated alkanes) is 1. The minimum atomic E-state index is -0.0401. The van der Waals surface area contributed by atoms with E-state index in [1.165, 1.54) is 5.56 Å². The summed E-state index contributed by atoms with van der Waals surface area (Å²) in [5.41, 5.74) is 2.55. The lowest BCUT2D eigenvalue weighted by atomic mass is 10.1. The molecule has 5 nitrogen and oxygen atoms in total. The number of nitrogens with zero attached hydrogens (tertiary/aromatic N) is 2. The number of carbonyl (C=O) groups is 1. The Morgan fingerprint density at radius 2 is 1.96 bits per heavy atom. The van der Waals surface area contributed by atoms with E-state index >= 15 is 0 Å². The molecule has 1 amide bonds. The number of ether oxygens (including phenoxy) is 2. The second kappa shape index (κ2) is 8.52. The van der Waals surface area contributed by atoms with Crippen molar-refractivity contribution in [1.82, 2.24) is 4.90 Å². The van der Waals surface area contributed by atoms with E-state index in [-0.39, 0.29) is 12.7 Å². The van der Waals surface area contributed by atoms with Gasteiger partial charge in [-0.2, -0.15) is 0 Å². The molecule has 2 aliphatic heterocycles. The summed E-state index contributed by atoms with van der Waals surface area (Å²) in [7, 11) is 0. The van der Waals surface area contributed by atoms with Crippen molar-refractivity contribution in [3.8, 4) is 11.5 Å². The lowest BCUT2D eigenvalue weighted by molar-refractivity contribution is -0.122. The number of thioether (sulfide) groups is 1. The van der Waals surface area contributed by atoms with Crippen molar-refractivity contribution in [1.29, 1.82) is 0 Å². The highest BCUT2D eigenvalue weighted by molar-refractivity contribution is 8.13. The van der Waals surface area contributed by atoms with Crippen LogP contribution in [-0.2, 0) is 10.5 Å². The van der Waals surface area contributed by atoms with Crippen molar-refractivity contribution >= 4 is 28.9 Å². The molecule has 4 rings (SSSR count). The van der Waals surface area contributed by atoms with Crippen LogP contribution in [0, 0.1) is 0 Å². The topological polar surface area (TPSA) is 51.1 Å². The molecular formula is C22H22N2O3S. The fourth-order valence-corrected chi connectivity index (χ4v) is 4.02. The van der Waals surface area contributed by atoms with Gasteiger partial charge in [-0.15, -0.1) is 0 Å². The van der Waals surface area contributed by atoms with Gasteiger partial charge in [-0.05, 0) is 35.8 Å². The van der Waals surface area contributed by atoms with Crippen molar-refractivity contribution in [2.24, 2.45) is 4.99 Å². The summed E-state index contributed by atoms with van der Waals surface area (Å²) in [5, 5.41) is 0.772. The highest BCUT2D eigenvalue weighted by atomic mass is 32.2. The summed E-state index contributed by atoms with van der Waals surface area (Å²) in [6.45, 7) is 3.05. The average Bonchev–Trinajstić information content (AvgIpc) is 3.30. The molecule has 144 valence electrons. The Labute approximate surface area is 169 Å². The number of carbonyl (C=O) groups excluding carboxylic acids is 1. The molecule has 0 radical (unpaired) electrons. The Bertz CT molecular complexity index is 925. The van der Waals surface area contributed by atoms with Crippen LogP contribution in [0.1, 0.15) is 30.9 Å². The molecule has 0 atom stereocenters. The zero-order chi connectivity index (χ0) is 19.3. The first-order chi connectivity index (χ1) is 13.7. The summed E-state index contributed by atoms with van der Waals surface area (Å²) < 4.78 is 10.8. The standard InChI is InChI=1S/C22H22N2O3S/c1-2-3-11-24-21(25)18(12-17-9-10-19-20(13-17)27-15-26-19)23-22(24)28-14-16-7-5-4-6-8-16/h4-10,12-13H,2-3,11,14-15H2,1H3/b18-12+. The fourth-order valence-electron chi connectivity index (χ4n) is 3.04. The van der Waals surface area contributed by atoms with Crippen LogP contribution in [0.15, 0.2) is 59.2 Å². The van der Waals surface area contributed by atoms with Gasteiger partial charge in [0.25, 0.3) is 5.91 Å². The van der Waals surface area contributed by atoms with Crippen LogP contribution in [0.3, 0.4) is 0 Å². The van der Waals surface area contributed by atoms with Gasteiger partial charge >= 0.3 is 0 Å². The first-order valence-corrected chi connectivity index (χ1v) is 10.4. The Hall–Kier alpha value is -2.73. The maximum Gasteiger partial charge on any atom is 0.278 e. The number of fused-ring (bicyclic) bond motifs is 1. The van der Waals surface area contributed by atoms with Crippen LogP contribution >= 0.6 is 11.8 Å². The van der Waals surface area contributed by atoms with Crippen LogP contribution in [-0.4, -0.2) is 29.3 Å². The number of amidine groups is 1. The van der Waals surface area contributed by atoms with Crippen LogP contribution in [0.5, 0.6) is 11.5 Å². The maximum atomic E-state index is 12.9. The molecule has 2 aromatic carbocycles. The number of hydrogen-bond donors (Lipinski definition) is 0. The molecule has 2 aromatic rings. The number of rotatable bonds is 6. The van der Waals surface area contributed by atoms with Crippen molar-refractivity contribution in [2.45, 2.75) is 25.5 Å². The van der Waals surface area contributed by atoms with E-state index in [0.717, 1.165) is 35.1 Å². The minimum Gasteiger partial charge on any atom is -0.454 e. The van der Waals surface area contributed by atoms with Crippen molar-refractivity contribution in [3.05, 3.63) is 65.4 Å². The van der Waals surface area contributed by atoms with E-state index in [1.807, 2.05) is 42.5 Å². The van der Waals surface area contributed by atoms with Gasteiger partial charge in [0.2, 0.25) is 6.79 Å². The summed E-state index contributed by atoms with van der Waals surface area (Å²) in [5.74, 6) is 2.17. The molecule has 28 heavy (non-hydrogen) atoms. The Balaban J connectivity index is 1.56. The molecule has 0 spiro atoms. The monoisotopic (exact) mass is 394 g/mol. The van der Waals surface area contributed by atoms with E-state index < -0.39 is 0 Å². The van der Waals surface area contributed by atoms with Gasteiger partial charge < -0.3 is 9.47 Å². The number of benzene rings is 2. The lowest BCUT2D eigenvalue weighted by Crippen LogP contribution is -2.31. The molecule has 0 saturated heterocycles. The number of amides is 1. The van der Waals surface area contributed by atoms with Crippen molar-refractivity contribution in [2.75, 3.05) is 13.3 Å². The first-order valence-electron chi connectivity index (χ1n) is 9.43. The van der Waals surface area contributed by atoms with E-state index in [0.29, 0.717) is 18.0 Å². The molecule has 2 heterocycles. The van der Waals surface area contributed by atoms with Gasteiger partial charge in [-0.25, -0.2) is 4.99 Å². The highest BCUT2D eigenvalue weighted by Gasteiger charge is 2.30. The summed E-state index contributed by atoms with van der Waals surface area (Å²) >= 11 is 1.60. The Morgan fingerprint density at radius 3 is 2.79 bits per heavy atom. The second-order valence-electron chi connectivity index (χ2n) is 6.62. The minimum absolute atomic E-state index is 0.0401. The molecule has 0 unspecified atom stereocenters. The maximum absolute atomic E-state index is 12.9. The highest BCUT2D eigenvalue weighted by Crippen LogP contribution is 2.34. The smallest absolute Gasteiger partial charge is 0.278 e. The van der Waals surface area contributed by atoms with Gasteiger partial charge in [-0.1, -0.05) is 61.5 Å². The molecule has 0 saturated carbocycles. The van der Waals surface area contributed by atoms with Crippen molar-refractivity contribution < 1.29 is 14.3 Å². The summed E-state index contributed by atoms with van der Waals surface area (Å²) in [6.07, 6.45) is 3.80. The van der Waals surface area contributed by atoms with Crippen LogP contribution in [0.25, 0.3) is 6.08 Å². The van der Waals surface area contributed by atoms with E-state index in [1.54, 1.807) is 16.7 Å². The predicted molar refractivity (Wildman–Crippen MR) is 112 cm³/mol. The molecule has 2 aliphatic rings. The Morgan fingerprint density at radius 1 is 1.14 bits per heavy atom. The van der Waals surface area contributed by atoms with Gasteiger partial charge in [0.1, 0.15) is 5.70 Å². The quantitative estimate of drug-likeness (QED) is 0.667. The van der Waals surface area contributed by atoms with E-state index in [9.17, 15) is 4.79 Å². The number of aliphatic imine (C=N–C) groups is 1. The fraction of sp³-hybridized carbons (Fsp3) is 0.273. The molecular weight excluding hydrogens is 372 g/mol. The van der Waals surface area contributed by atoms with Crippen LogP contribution in [0.4, 0.5) is 0 Å². The lowest BCUT2D eigenvalue weighted by Gasteiger charge is -2.17. The normalized spacial score (nSPS) is 16.8. The zero-order valence-corrected chi connectivity index (χ0v) is 16.6. The number of hydrogen-bond acceptors (Lipinski definition) is 5. The summed E-state index contributed by atoms with van der Waals surface area (Å²) in [6, 6.07) is 15.9. The van der Waals surface area contributed by atoms with Gasteiger partial charge in [0.15, 0.2) is 16.7 Å². The second-order valence-corrected chi connectivity index (χ2v) is 7.56. The molecule has 0 N–H and O–H groups in total. The van der Waals surface area contributed by atoms with Gasteiger partial charge in [0.05, 0.1) is 0 Å². The average molecular weight is 394 g/mol. The Kier molecular flexibility index (Phi) is 5.67. The largest absolute Gasteiger partial charge is 0.454 e. The third-order valence-electron chi connectivity index (χ3n) is 4.56. The first kappa shape index (κ1) is 18.6. The van der Waals surface area contributed by atoms with Gasteiger partial charge in [0, 0.05) is 12.3 Å². The van der Waals surface area contributed by atoms with Crippen LogP contribution in [0.2, 0.25) is 0 Å². The van der Waals surface area contributed by atoms with Crippen LogP contribution < -0.4 is 9.47 Å². The third kappa shape index (κ3) is 4.07. The zero-order valence-electron chi connectivity index (χ0n) is 15.8. The predicted octanol–water partition coefficient (Wildman–Crippen LogP) is 4.69. The van der Waals surface area contributed by atoms with Crippen molar-refractivity contribution in [3.63, 3.8) is 0 Å². The van der Waals surface area contributed by atoms with E-state index in [4.69, 9.17) is 9.47 Å².